The van der Waals surface area contributed by atoms with Gasteiger partial charge >= 0.3 is 0 Å². The predicted octanol–water partition coefficient (Wildman–Crippen LogP) is 1.95. The molecule has 28 heavy (non-hydrogen) atoms. The first-order chi connectivity index (χ1) is 13.6. The van der Waals surface area contributed by atoms with Gasteiger partial charge in [-0.05, 0) is 36.4 Å². The molecular formula is C20H20FN3O4. The Morgan fingerprint density at radius 2 is 1.79 bits per heavy atom. The van der Waals surface area contributed by atoms with Crippen LogP contribution >= 0.6 is 0 Å². The van der Waals surface area contributed by atoms with Gasteiger partial charge in [-0.1, -0.05) is 6.07 Å². The minimum absolute atomic E-state index is 0.0674. The van der Waals surface area contributed by atoms with Crippen LogP contribution < -0.4 is 14.8 Å². The van der Waals surface area contributed by atoms with Gasteiger partial charge in [0.1, 0.15) is 5.82 Å². The summed E-state index contributed by atoms with van der Waals surface area (Å²) < 4.78 is 23.8. The van der Waals surface area contributed by atoms with Crippen LogP contribution in [-0.4, -0.2) is 61.1 Å². The number of nitrogens with one attached hydrogen (secondary N) is 1. The Morgan fingerprint density at radius 3 is 2.57 bits per heavy atom. The number of ether oxygens (including phenoxy) is 2. The lowest BCUT2D eigenvalue weighted by molar-refractivity contribution is -0.117. The third-order valence-corrected chi connectivity index (χ3v) is 4.75. The lowest BCUT2D eigenvalue weighted by Crippen LogP contribution is -2.50. The molecule has 1 saturated heterocycles. The monoisotopic (exact) mass is 385 g/mol. The van der Waals surface area contributed by atoms with Gasteiger partial charge in [0.25, 0.3) is 5.91 Å². The van der Waals surface area contributed by atoms with Crippen LogP contribution in [0.2, 0.25) is 0 Å². The van der Waals surface area contributed by atoms with Crippen LogP contribution in [0.1, 0.15) is 10.4 Å². The number of halogens is 1. The number of hydrogen-bond donors (Lipinski definition) is 1. The van der Waals surface area contributed by atoms with Crippen molar-refractivity contribution < 1.29 is 23.5 Å². The molecule has 0 spiro atoms. The van der Waals surface area contributed by atoms with E-state index in [1.165, 1.54) is 12.1 Å². The second kappa shape index (κ2) is 7.85. The van der Waals surface area contributed by atoms with E-state index in [0.717, 1.165) is 0 Å². The molecule has 2 aliphatic rings. The molecule has 0 atom stereocenters. The Hall–Kier alpha value is -3.13. The smallest absolute Gasteiger partial charge is 0.254 e. The summed E-state index contributed by atoms with van der Waals surface area (Å²) in [6, 6.07) is 11.0. The first kappa shape index (κ1) is 18.2. The summed E-state index contributed by atoms with van der Waals surface area (Å²) in [4.78, 5) is 28.6. The number of piperazine rings is 1. The van der Waals surface area contributed by atoms with Crippen molar-refractivity contribution in [2.24, 2.45) is 0 Å². The molecule has 2 heterocycles. The van der Waals surface area contributed by atoms with Gasteiger partial charge in [0.15, 0.2) is 11.5 Å². The van der Waals surface area contributed by atoms with Crippen LogP contribution in [0.15, 0.2) is 42.5 Å². The number of carbonyl (C=O) groups excluding carboxylic acids is 2. The van der Waals surface area contributed by atoms with Gasteiger partial charge in [0.2, 0.25) is 12.7 Å². The summed E-state index contributed by atoms with van der Waals surface area (Å²) in [5.41, 5.74) is 0.989. The first-order valence-electron chi connectivity index (χ1n) is 9.05. The van der Waals surface area contributed by atoms with Crippen LogP contribution in [0, 0.1) is 5.82 Å². The average molecular weight is 385 g/mol. The molecule has 146 valence electrons. The Balaban J connectivity index is 1.28. The number of rotatable bonds is 4. The molecule has 0 radical (unpaired) electrons. The maximum absolute atomic E-state index is 13.2. The van der Waals surface area contributed by atoms with Crippen molar-refractivity contribution in [1.82, 2.24) is 9.80 Å². The molecule has 2 aromatic rings. The summed E-state index contributed by atoms with van der Waals surface area (Å²) >= 11 is 0. The number of hydrogen-bond acceptors (Lipinski definition) is 5. The van der Waals surface area contributed by atoms with Gasteiger partial charge in [0, 0.05) is 37.4 Å². The minimum atomic E-state index is -0.395. The number of fused-ring (bicyclic) bond motifs is 1. The summed E-state index contributed by atoms with van der Waals surface area (Å²) in [7, 11) is 0. The quantitative estimate of drug-likeness (QED) is 0.871. The van der Waals surface area contributed by atoms with Crippen LogP contribution in [0.4, 0.5) is 10.1 Å². The van der Waals surface area contributed by atoms with E-state index in [9.17, 15) is 14.0 Å². The zero-order chi connectivity index (χ0) is 19.5. The van der Waals surface area contributed by atoms with Crippen molar-refractivity contribution in [3.8, 4) is 11.5 Å². The zero-order valence-electron chi connectivity index (χ0n) is 15.2. The Bertz CT molecular complexity index is 897. The van der Waals surface area contributed by atoms with E-state index in [0.29, 0.717) is 48.9 Å². The molecule has 2 aromatic carbocycles. The van der Waals surface area contributed by atoms with E-state index < -0.39 is 5.82 Å². The van der Waals surface area contributed by atoms with Gasteiger partial charge < -0.3 is 19.7 Å². The predicted molar refractivity (Wildman–Crippen MR) is 99.9 cm³/mol. The Labute approximate surface area is 161 Å². The third kappa shape index (κ3) is 4.07. The maximum atomic E-state index is 13.2. The third-order valence-electron chi connectivity index (χ3n) is 4.75. The van der Waals surface area contributed by atoms with E-state index in [1.54, 1.807) is 35.2 Å². The molecular weight excluding hydrogens is 365 g/mol. The van der Waals surface area contributed by atoms with Gasteiger partial charge in [-0.25, -0.2) is 4.39 Å². The van der Waals surface area contributed by atoms with E-state index in [-0.39, 0.29) is 25.2 Å². The lowest BCUT2D eigenvalue weighted by atomic mass is 10.1. The molecule has 0 aromatic heterocycles. The molecule has 0 bridgehead atoms. The molecule has 8 heteroatoms. The van der Waals surface area contributed by atoms with Gasteiger partial charge in [0.05, 0.1) is 6.54 Å². The normalized spacial score (nSPS) is 16.1. The summed E-state index contributed by atoms with van der Waals surface area (Å²) in [6.07, 6.45) is 0. The average Bonchev–Trinajstić information content (AvgIpc) is 3.16. The zero-order valence-corrected chi connectivity index (χ0v) is 15.2. The standard InChI is InChI=1S/C20H20FN3O4/c21-15-2-1-3-16(11-15)22-19(25)12-23-6-8-24(9-7-23)20(26)14-4-5-17-18(10-14)28-13-27-17/h1-5,10-11H,6-9,12-13H2,(H,22,25). The highest BCUT2D eigenvalue weighted by Gasteiger charge is 2.25. The van der Waals surface area contributed by atoms with E-state index in [2.05, 4.69) is 5.32 Å². The van der Waals surface area contributed by atoms with Gasteiger partial charge in [-0.15, -0.1) is 0 Å². The van der Waals surface area contributed by atoms with Crippen LogP contribution in [-0.2, 0) is 4.79 Å². The van der Waals surface area contributed by atoms with Crippen LogP contribution in [0.3, 0.4) is 0 Å². The van der Waals surface area contributed by atoms with E-state index in [4.69, 9.17) is 9.47 Å². The molecule has 0 saturated carbocycles. The maximum Gasteiger partial charge on any atom is 0.254 e. The van der Waals surface area contributed by atoms with E-state index in [1.807, 2.05) is 4.90 Å². The van der Waals surface area contributed by atoms with Crippen molar-refractivity contribution >= 4 is 17.5 Å². The SMILES string of the molecule is O=C(CN1CCN(C(=O)c2ccc3c(c2)OCO3)CC1)Nc1cccc(F)c1. The van der Waals surface area contributed by atoms with Crippen molar-refractivity contribution in [3.05, 3.63) is 53.8 Å². The van der Waals surface area contributed by atoms with Gasteiger partial charge in [-0.3, -0.25) is 14.5 Å². The van der Waals surface area contributed by atoms with Crippen LogP contribution in [0.25, 0.3) is 0 Å². The van der Waals surface area contributed by atoms with Crippen molar-refractivity contribution in [2.75, 3.05) is 44.8 Å². The lowest BCUT2D eigenvalue weighted by Gasteiger charge is -2.34. The second-order valence-electron chi connectivity index (χ2n) is 6.69. The van der Waals surface area contributed by atoms with Gasteiger partial charge in [-0.2, -0.15) is 0 Å². The largest absolute Gasteiger partial charge is 0.454 e. The fourth-order valence-corrected chi connectivity index (χ4v) is 3.29. The summed E-state index contributed by atoms with van der Waals surface area (Å²) in [6.45, 7) is 2.60. The summed E-state index contributed by atoms with van der Waals surface area (Å²) in [5.74, 6) is 0.556. The van der Waals surface area contributed by atoms with Crippen molar-refractivity contribution in [2.45, 2.75) is 0 Å². The Morgan fingerprint density at radius 1 is 1.00 bits per heavy atom. The van der Waals surface area contributed by atoms with Crippen molar-refractivity contribution in [1.29, 1.82) is 0 Å². The molecule has 4 rings (SSSR count). The molecule has 2 aliphatic heterocycles. The molecule has 1 fully saturated rings. The minimum Gasteiger partial charge on any atom is -0.454 e. The van der Waals surface area contributed by atoms with Crippen LogP contribution in [0.5, 0.6) is 11.5 Å². The fraction of sp³-hybridized carbons (Fsp3) is 0.300. The highest BCUT2D eigenvalue weighted by atomic mass is 19.1. The van der Waals surface area contributed by atoms with E-state index >= 15 is 0 Å². The number of benzene rings is 2. The highest BCUT2D eigenvalue weighted by molar-refractivity contribution is 5.95. The number of amides is 2. The fourth-order valence-electron chi connectivity index (χ4n) is 3.29. The number of nitrogens with zero attached hydrogens (tertiary/aromatic N) is 2. The first-order valence-corrected chi connectivity index (χ1v) is 9.05. The molecule has 2 amide bonds. The topological polar surface area (TPSA) is 71.1 Å². The number of anilines is 1. The molecule has 0 aliphatic carbocycles. The highest BCUT2D eigenvalue weighted by Crippen LogP contribution is 2.32. The molecule has 0 unspecified atom stereocenters. The number of carbonyl (C=O) groups is 2. The van der Waals surface area contributed by atoms with Crippen molar-refractivity contribution in [3.63, 3.8) is 0 Å². The summed E-state index contributed by atoms with van der Waals surface area (Å²) in [5, 5.41) is 2.69. The Kier molecular flexibility index (Phi) is 5.12. The second-order valence-corrected chi connectivity index (χ2v) is 6.69. The molecule has 1 N–H and O–H groups in total. The molecule has 7 nitrogen and oxygen atoms in total.